The minimum Gasteiger partial charge on any atom is -0.487 e. The topological polar surface area (TPSA) is 34.1 Å². The summed E-state index contributed by atoms with van der Waals surface area (Å²) in [5, 5.41) is 3.86. The van der Waals surface area contributed by atoms with Crippen LogP contribution in [0.3, 0.4) is 0 Å². The van der Waals surface area contributed by atoms with E-state index < -0.39 is 0 Å². The second kappa shape index (κ2) is 7.96. The number of ether oxygens (including phenoxy) is 1. The third-order valence-electron chi connectivity index (χ3n) is 2.91. The van der Waals surface area contributed by atoms with E-state index in [9.17, 15) is 4.39 Å². The Labute approximate surface area is 129 Å². The zero-order valence-corrected chi connectivity index (χ0v) is 12.7. The lowest BCUT2D eigenvalue weighted by atomic mass is 10.2. The number of aromatic nitrogens is 1. The summed E-state index contributed by atoms with van der Waals surface area (Å²) < 4.78 is 18.6. The highest BCUT2D eigenvalue weighted by Gasteiger charge is 2.04. The highest BCUT2D eigenvalue weighted by molar-refractivity contribution is 6.32. The number of pyridine rings is 1. The first-order valence-corrected chi connectivity index (χ1v) is 7.28. The van der Waals surface area contributed by atoms with E-state index in [0.717, 1.165) is 31.3 Å². The van der Waals surface area contributed by atoms with E-state index in [-0.39, 0.29) is 12.4 Å². The Morgan fingerprint density at radius 3 is 2.81 bits per heavy atom. The van der Waals surface area contributed by atoms with E-state index in [1.165, 1.54) is 6.07 Å². The van der Waals surface area contributed by atoms with Crippen molar-refractivity contribution in [1.29, 1.82) is 0 Å². The number of rotatable bonds is 7. The van der Waals surface area contributed by atoms with E-state index in [1.54, 1.807) is 6.20 Å². The van der Waals surface area contributed by atoms with Gasteiger partial charge in [0.05, 0.1) is 11.2 Å². The molecule has 1 heterocycles. The molecule has 0 saturated carbocycles. The predicted molar refractivity (Wildman–Crippen MR) is 82.0 cm³/mol. The van der Waals surface area contributed by atoms with Crippen LogP contribution in [-0.4, -0.2) is 11.5 Å². The van der Waals surface area contributed by atoms with Crippen LogP contribution in [0.1, 0.15) is 24.5 Å². The van der Waals surface area contributed by atoms with Crippen LogP contribution in [0.15, 0.2) is 36.7 Å². The van der Waals surface area contributed by atoms with Crippen molar-refractivity contribution in [2.45, 2.75) is 26.5 Å². The molecular formula is C16H18ClFN2O. The largest absolute Gasteiger partial charge is 0.487 e. The molecule has 21 heavy (non-hydrogen) atoms. The molecule has 1 N–H and O–H groups in total. The molecule has 0 spiro atoms. The summed E-state index contributed by atoms with van der Waals surface area (Å²) in [6, 6.07) is 7.07. The molecule has 2 rings (SSSR count). The minimum absolute atomic E-state index is 0.234. The van der Waals surface area contributed by atoms with Crippen LogP contribution in [0.5, 0.6) is 5.75 Å². The van der Waals surface area contributed by atoms with Gasteiger partial charge in [-0.1, -0.05) is 24.6 Å². The maximum Gasteiger partial charge on any atom is 0.141 e. The molecule has 1 aromatic heterocycles. The number of nitrogens with zero attached hydrogens (tertiary/aromatic N) is 1. The molecule has 0 aliphatic rings. The normalized spacial score (nSPS) is 10.6. The van der Waals surface area contributed by atoms with Gasteiger partial charge in [0.2, 0.25) is 0 Å². The van der Waals surface area contributed by atoms with Crippen LogP contribution >= 0.6 is 11.6 Å². The fourth-order valence-corrected chi connectivity index (χ4v) is 2.13. The maximum absolute atomic E-state index is 13.0. The summed E-state index contributed by atoms with van der Waals surface area (Å²) in [5.74, 6) is 0.208. The second-order valence-electron chi connectivity index (χ2n) is 4.74. The molecule has 0 aliphatic carbocycles. The zero-order chi connectivity index (χ0) is 15.1. The molecule has 0 atom stereocenters. The average Bonchev–Trinajstić information content (AvgIpc) is 2.47. The van der Waals surface area contributed by atoms with Gasteiger partial charge in [-0.3, -0.25) is 4.98 Å². The summed E-state index contributed by atoms with van der Waals surface area (Å²) in [6.45, 7) is 4.11. The maximum atomic E-state index is 13.0. The Balaban J connectivity index is 1.94. The van der Waals surface area contributed by atoms with Crippen molar-refractivity contribution in [1.82, 2.24) is 10.3 Å². The lowest BCUT2D eigenvalue weighted by Crippen LogP contribution is -2.13. The van der Waals surface area contributed by atoms with E-state index in [2.05, 4.69) is 17.2 Å². The highest BCUT2D eigenvalue weighted by Crippen LogP contribution is 2.26. The fourth-order valence-electron chi connectivity index (χ4n) is 1.88. The molecule has 5 heteroatoms. The van der Waals surface area contributed by atoms with E-state index in [0.29, 0.717) is 16.3 Å². The van der Waals surface area contributed by atoms with E-state index in [1.807, 2.05) is 18.2 Å². The highest BCUT2D eigenvalue weighted by atomic mass is 35.5. The van der Waals surface area contributed by atoms with Gasteiger partial charge in [-0.15, -0.1) is 0 Å². The second-order valence-corrected chi connectivity index (χ2v) is 5.15. The molecule has 0 unspecified atom stereocenters. The Morgan fingerprint density at radius 1 is 1.24 bits per heavy atom. The van der Waals surface area contributed by atoms with Gasteiger partial charge < -0.3 is 10.1 Å². The number of nitrogens with one attached hydrogen (secondary N) is 1. The molecule has 0 radical (unpaired) electrons. The number of benzene rings is 1. The van der Waals surface area contributed by atoms with Crippen molar-refractivity contribution >= 4 is 11.6 Å². The summed E-state index contributed by atoms with van der Waals surface area (Å²) in [7, 11) is 0. The lowest BCUT2D eigenvalue weighted by Gasteiger charge is -2.10. The van der Waals surface area contributed by atoms with Crippen LogP contribution in [0.2, 0.25) is 5.02 Å². The molecule has 0 amide bonds. The van der Waals surface area contributed by atoms with Gasteiger partial charge in [0.1, 0.15) is 18.2 Å². The van der Waals surface area contributed by atoms with Gasteiger partial charge in [0.15, 0.2) is 0 Å². The summed E-state index contributed by atoms with van der Waals surface area (Å²) in [4.78, 5) is 3.78. The van der Waals surface area contributed by atoms with Crippen molar-refractivity contribution in [3.8, 4) is 5.75 Å². The molecule has 0 bridgehead atoms. The van der Waals surface area contributed by atoms with Crippen molar-refractivity contribution in [2.75, 3.05) is 6.54 Å². The standard InChI is InChI=1S/C16H18ClFN2O/c1-2-5-19-8-12-3-4-16(15(17)7-12)21-11-13-6-14(18)10-20-9-13/h3-4,6-7,9-10,19H,2,5,8,11H2,1H3. The molecule has 0 aliphatic heterocycles. The predicted octanol–water partition coefficient (Wildman–Crippen LogP) is 3.95. The molecule has 0 saturated heterocycles. The smallest absolute Gasteiger partial charge is 0.141 e. The summed E-state index contributed by atoms with van der Waals surface area (Å²) in [6.07, 6.45) is 3.82. The van der Waals surface area contributed by atoms with Crippen LogP contribution in [0.25, 0.3) is 0 Å². The van der Waals surface area contributed by atoms with Gasteiger partial charge >= 0.3 is 0 Å². The zero-order valence-electron chi connectivity index (χ0n) is 11.9. The van der Waals surface area contributed by atoms with Crippen LogP contribution in [0.4, 0.5) is 4.39 Å². The first-order chi connectivity index (χ1) is 10.2. The van der Waals surface area contributed by atoms with Gasteiger partial charge in [-0.2, -0.15) is 0 Å². The average molecular weight is 309 g/mol. The van der Waals surface area contributed by atoms with Crippen molar-refractivity contribution in [3.05, 3.63) is 58.6 Å². The SMILES string of the molecule is CCCNCc1ccc(OCc2cncc(F)c2)c(Cl)c1. The first kappa shape index (κ1) is 15.7. The summed E-state index contributed by atoms with van der Waals surface area (Å²) >= 11 is 6.20. The monoisotopic (exact) mass is 308 g/mol. The van der Waals surface area contributed by atoms with Gasteiger partial charge in [-0.25, -0.2) is 4.39 Å². The third kappa shape index (κ3) is 4.99. The molecular weight excluding hydrogens is 291 g/mol. The Kier molecular flexibility index (Phi) is 5.96. The first-order valence-electron chi connectivity index (χ1n) is 6.90. The molecule has 112 valence electrons. The Morgan fingerprint density at radius 2 is 2.10 bits per heavy atom. The molecule has 1 aromatic carbocycles. The van der Waals surface area contributed by atoms with Crippen molar-refractivity contribution in [2.24, 2.45) is 0 Å². The summed E-state index contributed by atoms with van der Waals surface area (Å²) in [5.41, 5.74) is 1.77. The number of hydrogen-bond acceptors (Lipinski definition) is 3. The Hall–Kier alpha value is -1.65. The van der Waals surface area contributed by atoms with Gasteiger partial charge in [0.25, 0.3) is 0 Å². The van der Waals surface area contributed by atoms with Crippen LogP contribution in [-0.2, 0) is 13.2 Å². The van der Waals surface area contributed by atoms with E-state index >= 15 is 0 Å². The number of hydrogen-bond donors (Lipinski definition) is 1. The Bertz CT molecular complexity index is 592. The van der Waals surface area contributed by atoms with Gasteiger partial charge in [0, 0.05) is 18.3 Å². The lowest BCUT2D eigenvalue weighted by molar-refractivity contribution is 0.305. The molecule has 2 aromatic rings. The fraction of sp³-hybridized carbons (Fsp3) is 0.312. The minimum atomic E-state index is -0.375. The molecule has 3 nitrogen and oxygen atoms in total. The third-order valence-corrected chi connectivity index (χ3v) is 3.20. The molecule has 0 fully saturated rings. The quantitative estimate of drug-likeness (QED) is 0.786. The number of halogens is 2. The van der Waals surface area contributed by atoms with Crippen molar-refractivity contribution in [3.63, 3.8) is 0 Å². The van der Waals surface area contributed by atoms with E-state index in [4.69, 9.17) is 16.3 Å². The van der Waals surface area contributed by atoms with Gasteiger partial charge in [-0.05, 0) is 36.7 Å². The van der Waals surface area contributed by atoms with Crippen LogP contribution < -0.4 is 10.1 Å². The van der Waals surface area contributed by atoms with Crippen molar-refractivity contribution < 1.29 is 9.13 Å². The van der Waals surface area contributed by atoms with Crippen LogP contribution in [0, 0.1) is 5.82 Å².